The van der Waals surface area contributed by atoms with Gasteiger partial charge >= 0.3 is 0 Å². The number of rotatable bonds is 6. The molecule has 0 aromatic rings. The molecule has 0 spiro atoms. The van der Waals surface area contributed by atoms with Crippen molar-refractivity contribution in [3.63, 3.8) is 0 Å². The number of nitrogens with two attached hydrogens (primary N) is 1. The van der Waals surface area contributed by atoms with Crippen LogP contribution in [0.15, 0.2) is 0 Å². The fraction of sp³-hybridized carbons (Fsp3) is 1.00. The molecule has 1 atom stereocenters. The molecule has 2 rings (SSSR count). The summed E-state index contributed by atoms with van der Waals surface area (Å²) in [7, 11) is 0. The Labute approximate surface area is 125 Å². The summed E-state index contributed by atoms with van der Waals surface area (Å²) in [6.07, 6.45) is 6.68. The summed E-state index contributed by atoms with van der Waals surface area (Å²) < 4.78 is 0. The summed E-state index contributed by atoms with van der Waals surface area (Å²) >= 11 is 0. The average molecular weight is 281 g/mol. The van der Waals surface area contributed by atoms with Crippen LogP contribution in [0.1, 0.15) is 59.8 Å². The molecule has 1 aliphatic carbocycles. The summed E-state index contributed by atoms with van der Waals surface area (Å²) in [4.78, 5) is 5.39. The van der Waals surface area contributed by atoms with Gasteiger partial charge in [0.25, 0.3) is 0 Å². The molecule has 1 saturated carbocycles. The maximum Gasteiger partial charge on any atom is 0.0347 e. The van der Waals surface area contributed by atoms with E-state index in [4.69, 9.17) is 5.73 Å². The Bertz CT molecular complexity index is 299. The minimum atomic E-state index is 0.250. The largest absolute Gasteiger partial charge is 0.329 e. The van der Waals surface area contributed by atoms with Crippen LogP contribution in [0.2, 0.25) is 0 Å². The number of likely N-dealkylation sites (tertiary alicyclic amines) is 1. The van der Waals surface area contributed by atoms with Crippen molar-refractivity contribution in [1.82, 2.24) is 9.80 Å². The van der Waals surface area contributed by atoms with Crippen LogP contribution in [0.25, 0.3) is 0 Å². The molecule has 0 bridgehead atoms. The van der Waals surface area contributed by atoms with Crippen molar-refractivity contribution in [2.45, 2.75) is 77.4 Å². The van der Waals surface area contributed by atoms with E-state index in [1.807, 2.05) is 0 Å². The normalized spacial score (nSPS) is 29.4. The highest BCUT2D eigenvalue weighted by Gasteiger charge is 2.40. The van der Waals surface area contributed by atoms with Gasteiger partial charge in [0, 0.05) is 37.3 Å². The van der Waals surface area contributed by atoms with Gasteiger partial charge in [0.05, 0.1) is 0 Å². The van der Waals surface area contributed by atoms with Crippen molar-refractivity contribution < 1.29 is 0 Å². The Kier molecular flexibility index (Phi) is 5.49. The topological polar surface area (TPSA) is 32.5 Å². The molecule has 1 unspecified atom stereocenters. The molecule has 0 aromatic heterocycles. The van der Waals surface area contributed by atoms with Crippen molar-refractivity contribution in [3.8, 4) is 0 Å². The van der Waals surface area contributed by atoms with Crippen molar-refractivity contribution in [1.29, 1.82) is 0 Å². The quantitative estimate of drug-likeness (QED) is 0.812. The van der Waals surface area contributed by atoms with E-state index in [0.29, 0.717) is 12.1 Å². The first-order valence-electron chi connectivity index (χ1n) is 8.69. The molecule has 118 valence electrons. The van der Waals surface area contributed by atoms with Crippen LogP contribution in [0.5, 0.6) is 0 Å². The molecule has 2 N–H and O–H groups in total. The lowest BCUT2D eigenvalue weighted by molar-refractivity contribution is 0.0425. The molecule has 1 aliphatic heterocycles. The molecule has 3 heteroatoms. The predicted molar refractivity (Wildman–Crippen MR) is 86.9 cm³/mol. The minimum Gasteiger partial charge on any atom is -0.329 e. The lowest BCUT2D eigenvalue weighted by atomic mass is 9.87. The van der Waals surface area contributed by atoms with Crippen molar-refractivity contribution >= 4 is 0 Å². The van der Waals surface area contributed by atoms with Gasteiger partial charge in [-0.1, -0.05) is 0 Å². The Balaban J connectivity index is 2.09. The molecule has 20 heavy (non-hydrogen) atoms. The molecule has 2 aliphatic rings. The third-order valence-corrected chi connectivity index (χ3v) is 5.45. The minimum absolute atomic E-state index is 0.250. The van der Waals surface area contributed by atoms with Gasteiger partial charge in [-0.2, -0.15) is 0 Å². The monoisotopic (exact) mass is 281 g/mol. The highest BCUT2D eigenvalue weighted by molar-refractivity contribution is 4.98. The zero-order chi connectivity index (χ0) is 14.8. The molecule has 0 radical (unpaired) electrons. The third-order valence-electron chi connectivity index (χ3n) is 5.45. The molecule has 3 nitrogen and oxygen atoms in total. The summed E-state index contributed by atoms with van der Waals surface area (Å²) in [6, 6.07) is 1.28. The maximum atomic E-state index is 6.30. The Hall–Kier alpha value is -0.120. The fourth-order valence-electron chi connectivity index (χ4n) is 3.86. The number of nitrogens with zero attached hydrogens (tertiary/aromatic N) is 2. The van der Waals surface area contributed by atoms with Crippen LogP contribution in [0, 0.1) is 5.92 Å². The summed E-state index contributed by atoms with van der Waals surface area (Å²) in [5, 5.41) is 0. The molecule has 1 heterocycles. The zero-order valence-electron chi connectivity index (χ0n) is 14.1. The molecule has 0 amide bonds. The second kappa shape index (κ2) is 6.76. The highest BCUT2D eigenvalue weighted by Crippen LogP contribution is 2.36. The van der Waals surface area contributed by atoms with Gasteiger partial charge in [-0.05, 0) is 72.3 Å². The Morgan fingerprint density at radius 3 is 2.35 bits per heavy atom. The predicted octanol–water partition coefficient (Wildman–Crippen LogP) is 2.70. The number of hydrogen-bond acceptors (Lipinski definition) is 3. The van der Waals surface area contributed by atoms with E-state index in [2.05, 4.69) is 37.5 Å². The lowest BCUT2D eigenvalue weighted by Crippen LogP contribution is -2.57. The first kappa shape index (κ1) is 16.3. The van der Waals surface area contributed by atoms with E-state index in [0.717, 1.165) is 12.5 Å². The highest BCUT2D eigenvalue weighted by atomic mass is 15.3. The van der Waals surface area contributed by atoms with Crippen LogP contribution in [-0.2, 0) is 0 Å². The lowest BCUT2D eigenvalue weighted by Gasteiger charge is -2.46. The second-order valence-corrected chi connectivity index (χ2v) is 7.60. The van der Waals surface area contributed by atoms with Crippen molar-refractivity contribution in [2.75, 3.05) is 26.2 Å². The second-order valence-electron chi connectivity index (χ2n) is 7.60. The van der Waals surface area contributed by atoms with Crippen LogP contribution in [-0.4, -0.2) is 53.6 Å². The van der Waals surface area contributed by atoms with E-state index >= 15 is 0 Å². The fourth-order valence-corrected chi connectivity index (χ4v) is 3.86. The van der Waals surface area contributed by atoms with Gasteiger partial charge in [-0.15, -0.1) is 0 Å². The molecule has 0 aromatic carbocycles. The van der Waals surface area contributed by atoms with Gasteiger partial charge in [0.1, 0.15) is 0 Å². The standard InChI is InChI=1S/C17H35N3/c1-14(2)19-10-5-8-17(13-18,9-11-19)20(15(3)4)12-16-6-7-16/h14-16H,5-13,18H2,1-4H3. The van der Waals surface area contributed by atoms with Crippen LogP contribution < -0.4 is 5.73 Å². The van der Waals surface area contributed by atoms with E-state index in [-0.39, 0.29) is 5.54 Å². The van der Waals surface area contributed by atoms with Gasteiger partial charge in [0.15, 0.2) is 0 Å². The van der Waals surface area contributed by atoms with Crippen molar-refractivity contribution in [2.24, 2.45) is 11.7 Å². The molecule has 2 fully saturated rings. The first-order valence-corrected chi connectivity index (χ1v) is 8.69. The summed E-state index contributed by atoms with van der Waals surface area (Å²) in [6.45, 7) is 13.9. The smallest absolute Gasteiger partial charge is 0.0347 e. The zero-order valence-corrected chi connectivity index (χ0v) is 14.1. The Morgan fingerprint density at radius 2 is 1.85 bits per heavy atom. The van der Waals surface area contributed by atoms with Gasteiger partial charge in [-0.25, -0.2) is 0 Å². The number of hydrogen-bond donors (Lipinski definition) is 1. The van der Waals surface area contributed by atoms with E-state index < -0.39 is 0 Å². The first-order chi connectivity index (χ1) is 9.48. The van der Waals surface area contributed by atoms with Crippen LogP contribution in [0.3, 0.4) is 0 Å². The summed E-state index contributed by atoms with van der Waals surface area (Å²) in [5.74, 6) is 0.949. The molecular weight excluding hydrogens is 246 g/mol. The molecule has 1 saturated heterocycles. The Morgan fingerprint density at radius 1 is 1.15 bits per heavy atom. The SMILES string of the molecule is CC(C)N1CCCC(CN)(N(CC2CC2)C(C)C)CC1. The van der Waals surface area contributed by atoms with Crippen LogP contribution in [0.4, 0.5) is 0 Å². The molecular formula is C17H35N3. The summed E-state index contributed by atoms with van der Waals surface area (Å²) in [5.41, 5.74) is 6.55. The maximum absolute atomic E-state index is 6.30. The van der Waals surface area contributed by atoms with Gasteiger partial charge in [-0.3, -0.25) is 4.90 Å². The van der Waals surface area contributed by atoms with E-state index in [1.165, 1.54) is 51.7 Å². The van der Waals surface area contributed by atoms with Crippen molar-refractivity contribution in [3.05, 3.63) is 0 Å². The van der Waals surface area contributed by atoms with E-state index in [1.54, 1.807) is 0 Å². The van der Waals surface area contributed by atoms with Crippen LogP contribution >= 0.6 is 0 Å². The van der Waals surface area contributed by atoms with Gasteiger partial charge in [0.2, 0.25) is 0 Å². The van der Waals surface area contributed by atoms with Gasteiger partial charge < -0.3 is 10.6 Å². The van der Waals surface area contributed by atoms with E-state index in [9.17, 15) is 0 Å². The third kappa shape index (κ3) is 3.75. The average Bonchev–Trinajstić information content (AvgIpc) is 3.22.